The van der Waals surface area contributed by atoms with E-state index in [2.05, 4.69) is 4.98 Å². The number of nitrogens with two attached hydrogens (primary N) is 1. The molecule has 0 aliphatic rings. The molecule has 0 saturated heterocycles. The van der Waals surface area contributed by atoms with Crippen molar-refractivity contribution in [3.8, 4) is 0 Å². The Morgan fingerprint density at radius 1 is 1.24 bits per heavy atom. The summed E-state index contributed by atoms with van der Waals surface area (Å²) in [5.41, 5.74) is 5.02. The smallest absolute Gasteiger partial charge is 0.280 e. The lowest BCUT2D eigenvalue weighted by molar-refractivity contribution is 0.146. The van der Waals surface area contributed by atoms with Crippen LogP contribution in [0.5, 0.6) is 0 Å². The van der Waals surface area contributed by atoms with E-state index in [-0.39, 0.29) is 26.6 Å². The summed E-state index contributed by atoms with van der Waals surface area (Å²) in [6.07, 6.45) is -2.77. The maximum absolute atomic E-state index is 13.4. The van der Waals surface area contributed by atoms with Gasteiger partial charge in [0.1, 0.15) is 5.69 Å². The minimum absolute atomic E-state index is 0.0386. The van der Waals surface area contributed by atoms with Crippen molar-refractivity contribution in [2.24, 2.45) is 0 Å². The van der Waals surface area contributed by atoms with Crippen molar-refractivity contribution in [2.45, 2.75) is 6.43 Å². The fourth-order valence-electron chi connectivity index (χ4n) is 1.46. The van der Waals surface area contributed by atoms with Gasteiger partial charge in [-0.1, -0.05) is 23.2 Å². The number of aromatic nitrogens is 1. The maximum atomic E-state index is 13.4. The van der Waals surface area contributed by atoms with Gasteiger partial charge in [-0.15, -0.1) is 0 Å². The molecule has 1 aromatic heterocycles. The Morgan fingerprint density at radius 2 is 1.88 bits per heavy atom. The number of nitrogens with zero attached hydrogens (tertiary/aromatic N) is 1. The number of fused-ring (bicyclic) bond motifs is 1. The molecule has 0 amide bonds. The van der Waals surface area contributed by atoms with Crippen LogP contribution in [-0.2, 0) is 0 Å². The quantitative estimate of drug-likeness (QED) is 0.795. The molecule has 0 unspecified atom stereocenters. The number of hydrogen-bond acceptors (Lipinski definition) is 2. The normalized spacial score (nSPS) is 11.4. The molecule has 1 aromatic carbocycles. The first-order chi connectivity index (χ1) is 7.91. The van der Waals surface area contributed by atoms with E-state index in [4.69, 9.17) is 28.9 Å². The number of halogens is 5. The standard InChI is InChI=1S/C10H5Cl2F3N2/c11-3-1-5-7(8(12)9(3)13)4(16)2-6(17-5)10(14)15/h1-2,10H,(H2,16,17). The number of nitrogen functional groups attached to an aromatic ring is 1. The zero-order chi connectivity index (χ0) is 12.7. The van der Waals surface area contributed by atoms with Gasteiger partial charge in [0.15, 0.2) is 5.82 Å². The molecule has 17 heavy (non-hydrogen) atoms. The van der Waals surface area contributed by atoms with Crippen LogP contribution >= 0.6 is 23.2 Å². The summed E-state index contributed by atoms with van der Waals surface area (Å²) < 4.78 is 38.4. The Hall–Kier alpha value is -1.20. The zero-order valence-electron chi connectivity index (χ0n) is 8.15. The summed E-state index contributed by atoms with van der Waals surface area (Å²) in [5.74, 6) is -0.848. The Kier molecular flexibility index (Phi) is 3.05. The molecule has 2 N–H and O–H groups in total. The first-order valence-electron chi connectivity index (χ1n) is 4.43. The average molecular weight is 281 g/mol. The number of benzene rings is 1. The molecule has 2 rings (SSSR count). The molecule has 0 saturated carbocycles. The van der Waals surface area contributed by atoms with Gasteiger partial charge >= 0.3 is 0 Å². The summed E-state index contributed by atoms with van der Waals surface area (Å²) in [7, 11) is 0. The van der Waals surface area contributed by atoms with Gasteiger partial charge in [-0.05, 0) is 12.1 Å². The lowest BCUT2D eigenvalue weighted by atomic mass is 10.1. The number of hydrogen-bond donors (Lipinski definition) is 1. The fourth-order valence-corrected chi connectivity index (χ4v) is 2.01. The van der Waals surface area contributed by atoms with Crippen molar-refractivity contribution >= 4 is 39.8 Å². The minimum Gasteiger partial charge on any atom is -0.398 e. The highest BCUT2D eigenvalue weighted by Gasteiger charge is 2.17. The summed E-state index contributed by atoms with van der Waals surface area (Å²) in [6.45, 7) is 0. The third kappa shape index (κ3) is 2.00. The van der Waals surface area contributed by atoms with E-state index in [1.54, 1.807) is 0 Å². The molecule has 2 aromatic rings. The van der Waals surface area contributed by atoms with Crippen molar-refractivity contribution in [1.29, 1.82) is 0 Å². The van der Waals surface area contributed by atoms with Gasteiger partial charge in [0, 0.05) is 11.1 Å². The van der Waals surface area contributed by atoms with Crippen LogP contribution in [0, 0.1) is 5.82 Å². The van der Waals surface area contributed by atoms with Gasteiger partial charge in [-0.25, -0.2) is 18.2 Å². The van der Waals surface area contributed by atoms with Crippen LogP contribution in [0.1, 0.15) is 12.1 Å². The molecule has 0 aliphatic heterocycles. The molecule has 0 spiro atoms. The minimum atomic E-state index is -2.77. The van der Waals surface area contributed by atoms with Crippen molar-refractivity contribution < 1.29 is 13.2 Å². The Labute approximate surface area is 104 Å². The lowest BCUT2D eigenvalue weighted by Crippen LogP contribution is -1.98. The van der Waals surface area contributed by atoms with Crippen LogP contribution in [0.15, 0.2) is 12.1 Å². The highest BCUT2D eigenvalue weighted by atomic mass is 35.5. The maximum Gasteiger partial charge on any atom is 0.280 e. The van der Waals surface area contributed by atoms with Crippen LogP contribution < -0.4 is 5.73 Å². The van der Waals surface area contributed by atoms with Crippen molar-refractivity contribution in [1.82, 2.24) is 4.98 Å². The number of pyridine rings is 1. The number of anilines is 1. The molecule has 0 atom stereocenters. The summed E-state index contributed by atoms with van der Waals surface area (Å²) in [5, 5.41) is -0.530. The molecule has 0 fully saturated rings. The third-order valence-electron chi connectivity index (χ3n) is 2.21. The molecular formula is C10H5Cl2F3N2. The van der Waals surface area contributed by atoms with Crippen LogP contribution in [-0.4, -0.2) is 4.98 Å². The fraction of sp³-hybridized carbons (Fsp3) is 0.100. The first-order valence-corrected chi connectivity index (χ1v) is 5.19. The highest BCUT2D eigenvalue weighted by molar-refractivity contribution is 6.39. The van der Waals surface area contributed by atoms with E-state index in [0.717, 1.165) is 12.1 Å². The van der Waals surface area contributed by atoms with E-state index in [9.17, 15) is 13.2 Å². The van der Waals surface area contributed by atoms with Gasteiger partial charge in [0.05, 0.1) is 15.6 Å². The largest absolute Gasteiger partial charge is 0.398 e. The Balaban J connectivity index is 2.87. The van der Waals surface area contributed by atoms with Crippen LogP contribution in [0.4, 0.5) is 18.9 Å². The predicted molar refractivity (Wildman–Crippen MR) is 61.1 cm³/mol. The third-order valence-corrected chi connectivity index (χ3v) is 2.84. The SMILES string of the molecule is Nc1cc(C(F)F)nc2cc(Cl)c(F)c(Cl)c12. The molecule has 90 valence electrons. The molecular weight excluding hydrogens is 276 g/mol. The van der Waals surface area contributed by atoms with E-state index >= 15 is 0 Å². The topological polar surface area (TPSA) is 38.9 Å². The lowest BCUT2D eigenvalue weighted by Gasteiger charge is -2.08. The highest BCUT2D eigenvalue weighted by Crippen LogP contribution is 2.35. The van der Waals surface area contributed by atoms with Crippen LogP contribution in [0.2, 0.25) is 10.0 Å². The van der Waals surface area contributed by atoms with Crippen molar-refractivity contribution in [3.05, 3.63) is 33.7 Å². The summed E-state index contributed by atoms with van der Waals surface area (Å²) >= 11 is 11.3. The number of alkyl halides is 2. The summed E-state index contributed by atoms with van der Waals surface area (Å²) in [6, 6.07) is 2.08. The van der Waals surface area contributed by atoms with E-state index in [1.807, 2.05) is 0 Å². The van der Waals surface area contributed by atoms with Crippen LogP contribution in [0.25, 0.3) is 10.9 Å². The zero-order valence-corrected chi connectivity index (χ0v) is 9.66. The monoisotopic (exact) mass is 280 g/mol. The van der Waals surface area contributed by atoms with Crippen molar-refractivity contribution in [3.63, 3.8) is 0 Å². The van der Waals surface area contributed by atoms with E-state index < -0.39 is 17.9 Å². The van der Waals surface area contributed by atoms with E-state index in [0.29, 0.717) is 0 Å². The van der Waals surface area contributed by atoms with Gasteiger partial charge in [0.2, 0.25) is 0 Å². The van der Waals surface area contributed by atoms with Gasteiger partial charge in [-0.2, -0.15) is 0 Å². The second kappa shape index (κ2) is 4.23. The van der Waals surface area contributed by atoms with Crippen molar-refractivity contribution in [2.75, 3.05) is 5.73 Å². The first kappa shape index (κ1) is 12.3. The van der Waals surface area contributed by atoms with Gasteiger partial charge in [-0.3, -0.25) is 0 Å². The van der Waals surface area contributed by atoms with Crippen LogP contribution in [0.3, 0.4) is 0 Å². The molecule has 1 heterocycles. The molecule has 7 heteroatoms. The molecule has 0 bridgehead atoms. The van der Waals surface area contributed by atoms with E-state index in [1.165, 1.54) is 0 Å². The molecule has 0 aliphatic carbocycles. The number of rotatable bonds is 1. The predicted octanol–water partition coefficient (Wildman–Crippen LogP) is 4.20. The Morgan fingerprint density at radius 3 is 2.47 bits per heavy atom. The Bertz CT molecular complexity index is 602. The molecule has 2 nitrogen and oxygen atoms in total. The second-order valence-electron chi connectivity index (χ2n) is 3.32. The molecule has 0 radical (unpaired) electrons. The van der Waals surface area contributed by atoms with Gasteiger partial charge in [0.25, 0.3) is 6.43 Å². The second-order valence-corrected chi connectivity index (χ2v) is 4.10. The summed E-state index contributed by atoms with van der Waals surface area (Å²) in [4.78, 5) is 3.63. The average Bonchev–Trinajstić information content (AvgIpc) is 2.25. The van der Waals surface area contributed by atoms with Gasteiger partial charge < -0.3 is 5.73 Å².